The summed E-state index contributed by atoms with van der Waals surface area (Å²) in [4.78, 5) is 13.3. The van der Waals surface area contributed by atoms with Crippen molar-refractivity contribution in [3.8, 4) is 5.75 Å². The number of carbonyl (C=O) groups is 1. The number of aryl methyl sites for hydroxylation is 3. The Hall–Kier alpha value is -2.35. The highest BCUT2D eigenvalue weighted by Gasteiger charge is 2.31. The van der Waals surface area contributed by atoms with Crippen LogP contribution >= 0.6 is 27.5 Å². The number of sulfonamides is 1. The van der Waals surface area contributed by atoms with Crippen molar-refractivity contribution in [1.29, 1.82) is 0 Å². The van der Waals surface area contributed by atoms with Crippen molar-refractivity contribution in [3.05, 3.63) is 86.3 Å². The summed E-state index contributed by atoms with van der Waals surface area (Å²) < 4.78 is 34.2. The van der Waals surface area contributed by atoms with Gasteiger partial charge in [-0.1, -0.05) is 48.4 Å². The number of hydrogen-bond donors (Lipinski definition) is 0. The molecule has 0 aromatic heterocycles. The van der Waals surface area contributed by atoms with Crippen LogP contribution in [-0.2, 0) is 21.2 Å². The van der Waals surface area contributed by atoms with Gasteiger partial charge in [0.15, 0.2) is 6.61 Å². The standard InChI is InChI=1S/C25H25BrClNO4S/c1-5-19-8-10-20(11-9-19)28(33(30,31)21-12-6-16(2)7-13-21)23(29)15-32-22-14-17(3)25(27)18(4)24(22)26/h6-14H,5,15H2,1-4H3. The molecule has 3 aromatic carbocycles. The molecule has 33 heavy (non-hydrogen) atoms. The van der Waals surface area contributed by atoms with Crippen LogP contribution in [0, 0.1) is 20.8 Å². The highest BCUT2D eigenvalue weighted by atomic mass is 79.9. The second-order valence-electron chi connectivity index (χ2n) is 7.73. The van der Waals surface area contributed by atoms with Gasteiger partial charge in [-0.15, -0.1) is 0 Å². The van der Waals surface area contributed by atoms with E-state index in [1.54, 1.807) is 30.3 Å². The molecule has 174 valence electrons. The number of anilines is 1. The fraction of sp³-hybridized carbons (Fsp3) is 0.240. The summed E-state index contributed by atoms with van der Waals surface area (Å²) in [5, 5.41) is 0.597. The Bertz CT molecular complexity index is 1270. The number of benzene rings is 3. The molecule has 0 saturated carbocycles. The maximum atomic E-state index is 13.5. The van der Waals surface area contributed by atoms with Crippen LogP contribution in [-0.4, -0.2) is 20.9 Å². The van der Waals surface area contributed by atoms with Crippen LogP contribution in [0.4, 0.5) is 5.69 Å². The van der Waals surface area contributed by atoms with Crippen molar-refractivity contribution < 1.29 is 17.9 Å². The highest BCUT2D eigenvalue weighted by molar-refractivity contribution is 9.10. The van der Waals surface area contributed by atoms with Crippen molar-refractivity contribution in [2.45, 2.75) is 39.0 Å². The van der Waals surface area contributed by atoms with Gasteiger partial charge in [0.05, 0.1) is 15.1 Å². The van der Waals surface area contributed by atoms with Gasteiger partial charge in [0.1, 0.15) is 5.75 Å². The SMILES string of the molecule is CCc1ccc(N(C(=O)COc2cc(C)c(Cl)c(C)c2Br)S(=O)(=O)c2ccc(C)cc2)cc1. The van der Waals surface area contributed by atoms with Crippen LogP contribution < -0.4 is 9.04 Å². The second-order valence-corrected chi connectivity index (χ2v) is 10.7. The summed E-state index contributed by atoms with van der Waals surface area (Å²) in [6.45, 7) is 7.06. The Balaban J connectivity index is 1.98. The fourth-order valence-electron chi connectivity index (χ4n) is 3.30. The first-order valence-electron chi connectivity index (χ1n) is 10.4. The zero-order valence-corrected chi connectivity index (χ0v) is 22.0. The number of hydrogen-bond acceptors (Lipinski definition) is 4. The first-order chi connectivity index (χ1) is 15.6. The molecule has 0 heterocycles. The molecule has 8 heteroatoms. The maximum Gasteiger partial charge on any atom is 0.278 e. The monoisotopic (exact) mass is 549 g/mol. The fourth-order valence-corrected chi connectivity index (χ4v) is 5.40. The summed E-state index contributed by atoms with van der Waals surface area (Å²) in [7, 11) is -4.16. The molecule has 0 fully saturated rings. The van der Waals surface area contributed by atoms with E-state index >= 15 is 0 Å². The van der Waals surface area contributed by atoms with Crippen molar-refractivity contribution in [3.63, 3.8) is 0 Å². The number of nitrogens with zero attached hydrogens (tertiary/aromatic N) is 1. The molecule has 5 nitrogen and oxygen atoms in total. The minimum absolute atomic E-state index is 0.0281. The molecule has 0 aliphatic carbocycles. The first kappa shape index (κ1) is 25.3. The van der Waals surface area contributed by atoms with E-state index in [-0.39, 0.29) is 10.6 Å². The molecule has 0 atom stereocenters. The molecule has 1 amide bonds. The lowest BCUT2D eigenvalue weighted by Crippen LogP contribution is -2.40. The predicted molar refractivity (Wildman–Crippen MR) is 136 cm³/mol. The van der Waals surface area contributed by atoms with Gasteiger partial charge in [-0.25, -0.2) is 8.42 Å². The van der Waals surface area contributed by atoms with Gasteiger partial charge in [0, 0.05) is 5.02 Å². The summed E-state index contributed by atoms with van der Waals surface area (Å²) >= 11 is 9.72. The molecule has 3 rings (SSSR count). The van der Waals surface area contributed by atoms with E-state index < -0.39 is 22.5 Å². The molecule has 0 aliphatic heterocycles. The van der Waals surface area contributed by atoms with Crippen molar-refractivity contribution in [1.82, 2.24) is 0 Å². The van der Waals surface area contributed by atoms with E-state index in [0.717, 1.165) is 33.0 Å². The molecule has 0 bridgehead atoms. The van der Waals surface area contributed by atoms with Crippen LogP contribution in [0.5, 0.6) is 5.75 Å². The minimum atomic E-state index is -4.16. The van der Waals surface area contributed by atoms with Gasteiger partial charge >= 0.3 is 0 Å². The molecule has 0 spiro atoms. The first-order valence-corrected chi connectivity index (χ1v) is 13.0. The molecular formula is C25H25BrClNO4S. The summed E-state index contributed by atoms with van der Waals surface area (Å²) in [6, 6.07) is 15.0. The number of ether oxygens (including phenoxy) is 1. The van der Waals surface area contributed by atoms with E-state index in [1.165, 1.54) is 12.1 Å². The van der Waals surface area contributed by atoms with Gasteiger partial charge < -0.3 is 4.74 Å². The van der Waals surface area contributed by atoms with Crippen LogP contribution in [0.15, 0.2) is 64.0 Å². The molecule has 0 saturated heterocycles. The normalized spacial score (nSPS) is 11.3. The Labute approximate surface area is 208 Å². The van der Waals surface area contributed by atoms with Crippen LogP contribution in [0.3, 0.4) is 0 Å². The molecule has 3 aromatic rings. The van der Waals surface area contributed by atoms with E-state index in [2.05, 4.69) is 15.9 Å². The van der Waals surface area contributed by atoms with E-state index in [0.29, 0.717) is 15.2 Å². The number of carbonyl (C=O) groups excluding carboxylic acids is 1. The smallest absolute Gasteiger partial charge is 0.278 e. The average molecular weight is 551 g/mol. The molecule has 0 unspecified atom stereocenters. The Morgan fingerprint density at radius 3 is 2.21 bits per heavy atom. The maximum absolute atomic E-state index is 13.5. The topological polar surface area (TPSA) is 63.7 Å². The van der Waals surface area contributed by atoms with Crippen molar-refractivity contribution in [2.24, 2.45) is 0 Å². The van der Waals surface area contributed by atoms with Gasteiger partial charge in [0.2, 0.25) is 0 Å². The summed E-state index contributed by atoms with van der Waals surface area (Å²) in [5.74, 6) is -0.297. The third kappa shape index (κ3) is 5.42. The van der Waals surface area contributed by atoms with E-state index in [4.69, 9.17) is 16.3 Å². The summed E-state index contributed by atoms with van der Waals surface area (Å²) in [5.41, 5.74) is 3.77. The largest absolute Gasteiger partial charge is 0.483 e. The van der Waals surface area contributed by atoms with Gasteiger partial charge in [-0.05, 0) is 90.1 Å². The molecule has 0 aliphatic rings. The molecular weight excluding hydrogens is 526 g/mol. The lowest BCUT2D eigenvalue weighted by Gasteiger charge is -2.23. The predicted octanol–water partition coefficient (Wildman–Crippen LogP) is 6.39. The number of amides is 1. The average Bonchev–Trinajstić information content (AvgIpc) is 2.80. The lowest BCUT2D eigenvalue weighted by molar-refractivity contribution is -0.119. The van der Waals surface area contributed by atoms with Gasteiger partial charge in [-0.2, -0.15) is 4.31 Å². The Morgan fingerprint density at radius 2 is 1.64 bits per heavy atom. The Morgan fingerprint density at radius 1 is 1.03 bits per heavy atom. The summed E-state index contributed by atoms with van der Waals surface area (Å²) in [6.07, 6.45) is 0.797. The zero-order valence-electron chi connectivity index (χ0n) is 18.9. The van der Waals surface area contributed by atoms with Crippen LogP contribution in [0.1, 0.15) is 29.2 Å². The third-order valence-corrected chi connectivity index (χ3v) is 8.61. The zero-order chi connectivity index (χ0) is 24.3. The van der Waals surface area contributed by atoms with E-state index in [9.17, 15) is 13.2 Å². The highest BCUT2D eigenvalue weighted by Crippen LogP contribution is 2.36. The second kappa shape index (κ2) is 10.3. The number of halogens is 2. The minimum Gasteiger partial charge on any atom is -0.483 e. The van der Waals surface area contributed by atoms with Crippen LogP contribution in [0.25, 0.3) is 0 Å². The van der Waals surface area contributed by atoms with Crippen molar-refractivity contribution >= 4 is 49.1 Å². The van der Waals surface area contributed by atoms with Crippen LogP contribution in [0.2, 0.25) is 5.02 Å². The lowest BCUT2D eigenvalue weighted by atomic mass is 10.1. The van der Waals surface area contributed by atoms with Crippen molar-refractivity contribution in [2.75, 3.05) is 10.9 Å². The van der Waals surface area contributed by atoms with E-state index in [1.807, 2.05) is 39.8 Å². The van der Waals surface area contributed by atoms with Gasteiger partial charge in [0.25, 0.3) is 15.9 Å². The van der Waals surface area contributed by atoms with Gasteiger partial charge in [-0.3, -0.25) is 4.79 Å². The molecule has 0 N–H and O–H groups in total. The third-order valence-electron chi connectivity index (χ3n) is 5.28. The Kier molecular flexibility index (Phi) is 7.88. The molecule has 0 radical (unpaired) electrons. The number of rotatable bonds is 7. The quantitative estimate of drug-likeness (QED) is 0.342.